The standard InChI is InChI=1S/C15H22N2O5S2/c1-5-16(6-2)24(21,22)14-8-7-13(9-11(14)3)17-15(18)12(4)10-23(17,19)20/h7-9,12H,5-6,10H2,1-4H3. The molecule has 1 fully saturated rings. The lowest BCUT2D eigenvalue weighted by molar-refractivity contribution is -0.119. The Morgan fingerprint density at radius 3 is 2.25 bits per heavy atom. The molecular weight excluding hydrogens is 352 g/mol. The summed E-state index contributed by atoms with van der Waals surface area (Å²) in [6.45, 7) is 7.35. The van der Waals surface area contributed by atoms with E-state index in [1.54, 1.807) is 27.7 Å². The van der Waals surface area contributed by atoms with Gasteiger partial charge in [0.2, 0.25) is 26.0 Å². The molecule has 0 N–H and O–H groups in total. The Balaban J connectivity index is 2.50. The van der Waals surface area contributed by atoms with E-state index in [-0.39, 0.29) is 16.3 Å². The van der Waals surface area contributed by atoms with Gasteiger partial charge in [-0.25, -0.2) is 21.1 Å². The average Bonchev–Trinajstić information content (AvgIpc) is 2.67. The highest BCUT2D eigenvalue weighted by molar-refractivity contribution is 7.94. The van der Waals surface area contributed by atoms with Crippen molar-refractivity contribution in [3.05, 3.63) is 23.8 Å². The molecule has 1 amide bonds. The van der Waals surface area contributed by atoms with Gasteiger partial charge in [-0.3, -0.25) is 4.79 Å². The van der Waals surface area contributed by atoms with Crippen LogP contribution in [0.25, 0.3) is 0 Å². The molecule has 0 bridgehead atoms. The fourth-order valence-electron chi connectivity index (χ4n) is 2.84. The lowest BCUT2D eigenvalue weighted by atomic mass is 10.2. The van der Waals surface area contributed by atoms with Crippen molar-refractivity contribution in [2.24, 2.45) is 5.92 Å². The number of anilines is 1. The Kier molecular flexibility index (Phi) is 5.08. The minimum Gasteiger partial charge on any atom is -0.273 e. The smallest absolute Gasteiger partial charge is 0.244 e. The normalized spacial score (nSPS) is 20.8. The van der Waals surface area contributed by atoms with E-state index in [1.165, 1.54) is 22.5 Å². The summed E-state index contributed by atoms with van der Waals surface area (Å²) >= 11 is 0. The van der Waals surface area contributed by atoms with Crippen molar-refractivity contribution in [2.75, 3.05) is 23.1 Å². The first kappa shape index (κ1) is 18.9. The van der Waals surface area contributed by atoms with Gasteiger partial charge in [0.15, 0.2) is 0 Å². The minimum atomic E-state index is -3.71. The maximum atomic E-state index is 12.6. The van der Waals surface area contributed by atoms with E-state index in [1.807, 2.05) is 0 Å². The number of carbonyl (C=O) groups is 1. The van der Waals surface area contributed by atoms with Crippen LogP contribution in [0.2, 0.25) is 0 Å². The van der Waals surface area contributed by atoms with Crippen LogP contribution in [0.5, 0.6) is 0 Å². The Morgan fingerprint density at radius 1 is 1.25 bits per heavy atom. The zero-order valence-electron chi connectivity index (χ0n) is 14.2. The lowest BCUT2D eigenvalue weighted by Crippen LogP contribution is -2.32. The molecule has 1 unspecified atom stereocenters. The maximum absolute atomic E-state index is 12.6. The molecule has 2 rings (SSSR count). The summed E-state index contributed by atoms with van der Waals surface area (Å²) in [5.74, 6) is -1.33. The lowest BCUT2D eigenvalue weighted by Gasteiger charge is -2.21. The van der Waals surface area contributed by atoms with Gasteiger partial charge >= 0.3 is 0 Å². The number of sulfonamides is 2. The molecule has 0 radical (unpaired) electrons. The molecule has 0 aliphatic carbocycles. The predicted molar refractivity (Wildman–Crippen MR) is 91.7 cm³/mol. The van der Waals surface area contributed by atoms with E-state index in [0.29, 0.717) is 18.7 Å². The molecule has 1 aliphatic rings. The van der Waals surface area contributed by atoms with Crippen LogP contribution in [0, 0.1) is 12.8 Å². The van der Waals surface area contributed by atoms with Crippen LogP contribution in [0.15, 0.2) is 23.1 Å². The van der Waals surface area contributed by atoms with E-state index in [2.05, 4.69) is 0 Å². The number of rotatable bonds is 5. The molecule has 0 spiro atoms. The summed E-state index contributed by atoms with van der Waals surface area (Å²) in [5.41, 5.74) is 0.585. The molecule has 134 valence electrons. The van der Waals surface area contributed by atoms with Gasteiger partial charge in [0, 0.05) is 13.1 Å². The summed E-state index contributed by atoms with van der Waals surface area (Å²) in [6.07, 6.45) is 0. The second-order valence-electron chi connectivity index (χ2n) is 5.82. The second kappa shape index (κ2) is 6.45. The number of hydrogen-bond donors (Lipinski definition) is 0. The zero-order valence-corrected chi connectivity index (χ0v) is 15.8. The van der Waals surface area contributed by atoms with Crippen molar-refractivity contribution >= 4 is 31.6 Å². The quantitative estimate of drug-likeness (QED) is 0.775. The first-order chi connectivity index (χ1) is 11.1. The van der Waals surface area contributed by atoms with E-state index in [4.69, 9.17) is 0 Å². The van der Waals surface area contributed by atoms with Gasteiger partial charge < -0.3 is 0 Å². The molecule has 1 atom stereocenters. The van der Waals surface area contributed by atoms with Crippen LogP contribution in [0.4, 0.5) is 5.69 Å². The van der Waals surface area contributed by atoms with Gasteiger partial charge in [-0.05, 0) is 30.7 Å². The van der Waals surface area contributed by atoms with Crippen molar-refractivity contribution < 1.29 is 21.6 Å². The molecular formula is C15H22N2O5S2. The first-order valence-electron chi connectivity index (χ1n) is 7.73. The van der Waals surface area contributed by atoms with Gasteiger partial charge in [-0.1, -0.05) is 20.8 Å². The van der Waals surface area contributed by atoms with Crippen LogP contribution in [-0.2, 0) is 24.8 Å². The highest BCUT2D eigenvalue weighted by Crippen LogP contribution is 2.31. The third-order valence-corrected chi connectivity index (χ3v) is 8.16. The van der Waals surface area contributed by atoms with Crippen molar-refractivity contribution in [1.82, 2.24) is 4.31 Å². The molecule has 1 aliphatic heterocycles. The molecule has 0 aromatic heterocycles. The predicted octanol–water partition coefficient (Wildman–Crippen LogP) is 1.34. The van der Waals surface area contributed by atoms with Gasteiger partial charge in [-0.15, -0.1) is 0 Å². The van der Waals surface area contributed by atoms with Gasteiger partial charge in [-0.2, -0.15) is 4.31 Å². The molecule has 9 heteroatoms. The molecule has 1 heterocycles. The third-order valence-electron chi connectivity index (χ3n) is 4.08. The molecule has 7 nitrogen and oxygen atoms in total. The Hall–Kier alpha value is -1.45. The summed E-state index contributed by atoms with van der Waals surface area (Å²) in [5, 5.41) is 0. The molecule has 0 saturated carbocycles. The van der Waals surface area contributed by atoms with Crippen LogP contribution in [0.1, 0.15) is 26.3 Å². The van der Waals surface area contributed by atoms with Crippen LogP contribution in [0.3, 0.4) is 0 Å². The Labute approximate surface area is 143 Å². The number of nitrogens with zero attached hydrogens (tertiary/aromatic N) is 2. The zero-order chi connectivity index (χ0) is 18.3. The van der Waals surface area contributed by atoms with E-state index in [9.17, 15) is 21.6 Å². The summed E-state index contributed by atoms with van der Waals surface area (Å²) in [6, 6.07) is 4.17. The van der Waals surface area contributed by atoms with E-state index >= 15 is 0 Å². The second-order valence-corrected chi connectivity index (χ2v) is 9.59. The Bertz CT molecular complexity index is 858. The highest BCUT2D eigenvalue weighted by Gasteiger charge is 2.42. The summed E-state index contributed by atoms with van der Waals surface area (Å²) in [7, 11) is -7.35. The SMILES string of the molecule is CCN(CC)S(=O)(=O)c1ccc(N2C(=O)C(C)CS2(=O)=O)cc1C. The van der Waals surface area contributed by atoms with Gasteiger partial charge in [0.25, 0.3) is 0 Å². The third kappa shape index (κ3) is 3.07. The van der Waals surface area contributed by atoms with E-state index < -0.39 is 31.9 Å². The molecule has 1 aromatic rings. The van der Waals surface area contributed by atoms with E-state index in [0.717, 1.165) is 4.31 Å². The minimum absolute atomic E-state index is 0.118. The Morgan fingerprint density at radius 2 is 1.83 bits per heavy atom. The fraction of sp³-hybridized carbons (Fsp3) is 0.533. The number of benzene rings is 1. The molecule has 24 heavy (non-hydrogen) atoms. The summed E-state index contributed by atoms with van der Waals surface area (Å²) < 4.78 is 51.7. The fourth-order valence-corrected chi connectivity index (χ4v) is 6.31. The van der Waals surface area contributed by atoms with Crippen molar-refractivity contribution in [3.63, 3.8) is 0 Å². The maximum Gasteiger partial charge on any atom is 0.244 e. The number of aryl methyl sites for hydroxylation is 1. The first-order valence-corrected chi connectivity index (χ1v) is 10.8. The number of amides is 1. The van der Waals surface area contributed by atoms with Crippen molar-refractivity contribution in [2.45, 2.75) is 32.6 Å². The van der Waals surface area contributed by atoms with Crippen molar-refractivity contribution in [1.29, 1.82) is 0 Å². The average molecular weight is 374 g/mol. The van der Waals surface area contributed by atoms with Crippen LogP contribution < -0.4 is 4.31 Å². The van der Waals surface area contributed by atoms with Gasteiger partial charge in [0.05, 0.1) is 22.3 Å². The molecule has 1 aromatic carbocycles. The largest absolute Gasteiger partial charge is 0.273 e. The van der Waals surface area contributed by atoms with Crippen molar-refractivity contribution in [3.8, 4) is 0 Å². The van der Waals surface area contributed by atoms with Crippen LogP contribution >= 0.6 is 0 Å². The summed E-state index contributed by atoms with van der Waals surface area (Å²) in [4.78, 5) is 12.3. The highest BCUT2D eigenvalue weighted by atomic mass is 32.2. The van der Waals surface area contributed by atoms with Crippen LogP contribution in [-0.4, -0.2) is 45.9 Å². The topological polar surface area (TPSA) is 91.8 Å². The molecule has 1 saturated heterocycles. The number of hydrogen-bond acceptors (Lipinski definition) is 5. The van der Waals surface area contributed by atoms with Gasteiger partial charge in [0.1, 0.15) is 0 Å². The number of carbonyl (C=O) groups excluding carboxylic acids is 1. The monoisotopic (exact) mass is 374 g/mol.